The number of carbonyl (C=O) groups is 1. The number of nitrogens with one attached hydrogen (secondary N) is 2. The highest BCUT2D eigenvalue weighted by Gasteiger charge is 2.31. The van der Waals surface area contributed by atoms with Crippen molar-refractivity contribution < 1.29 is 13.9 Å². The number of ether oxygens (including phenoxy) is 1. The third-order valence-corrected chi connectivity index (χ3v) is 4.98. The van der Waals surface area contributed by atoms with Crippen LogP contribution < -0.4 is 10.6 Å². The number of rotatable bonds is 8. The molecule has 0 spiro atoms. The zero-order valence-corrected chi connectivity index (χ0v) is 16.1. The van der Waals surface area contributed by atoms with Gasteiger partial charge in [0.25, 0.3) is 0 Å². The SMILES string of the molecule is O=C(N[C@H]1CCC[C@@H]1OCc1ccccc1)c1nnc(NCc2ccccc2)o1. The molecule has 0 bridgehead atoms. The second-order valence-electron chi connectivity index (χ2n) is 7.10. The van der Waals surface area contributed by atoms with E-state index in [4.69, 9.17) is 9.15 Å². The normalized spacial score (nSPS) is 18.5. The van der Waals surface area contributed by atoms with Crippen molar-refractivity contribution in [1.29, 1.82) is 0 Å². The second-order valence-corrected chi connectivity index (χ2v) is 7.10. The van der Waals surface area contributed by atoms with Gasteiger partial charge in [-0.1, -0.05) is 65.8 Å². The molecule has 1 heterocycles. The second kappa shape index (κ2) is 9.34. The fraction of sp³-hybridized carbons (Fsp3) is 0.318. The molecule has 2 atom stereocenters. The molecule has 1 fully saturated rings. The van der Waals surface area contributed by atoms with Gasteiger partial charge in [0, 0.05) is 6.54 Å². The summed E-state index contributed by atoms with van der Waals surface area (Å²) in [5.74, 6) is -0.417. The van der Waals surface area contributed by atoms with Crippen LogP contribution in [0.1, 0.15) is 41.1 Å². The summed E-state index contributed by atoms with van der Waals surface area (Å²) >= 11 is 0. The number of hydrogen-bond acceptors (Lipinski definition) is 6. The summed E-state index contributed by atoms with van der Waals surface area (Å²) < 4.78 is 11.5. The van der Waals surface area contributed by atoms with Gasteiger partial charge in [-0.3, -0.25) is 4.79 Å². The molecular weight excluding hydrogens is 368 g/mol. The summed E-state index contributed by atoms with van der Waals surface area (Å²) in [7, 11) is 0. The lowest BCUT2D eigenvalue weighted by Crippen LogP contribution is -2.41. The van der Waals surface area contributed by atoms with E-state index in [0.29, 0.717) is 13.2 Å². The van der Waals surface area contributed by atoms with Gasteiger partial charge < -0.3 is 19.8 Å². The molecule has 1 aliphatic carbocycles. The van der Waals surface area contributed by atoms with Crippen LogP contribution in [-0.4, -0.2) is 28.3 Å². The van der Waals surface area contributed by atoms with E-state index in [9.17, 15) is 4.79 Å². The molecule has 1 aliphatic rings. The molecule has 0 radical (unpaired) electrons. The Morgan fingerprint density at radius 1 is 1.00 bits per heavy atom. The number of anilines is 1. The third-order valence-electron chi connectivity index (χ3n) is 4.98. The van der Waals surface area contributed by atoms with E-state index in [2.05, 4.69) is 20.8 Å². The molecular formula is C22H24N4O3. The van der Waals surface area contributed by atoms with Crippen molar-refractivity contribution in [3.05, 3.63) is 77.7 Å². The summed E-state index contributed by atoms with van der Waals surface area (Å²) in [4.78, 5) is 12.5. The fourth-order valence-electron chi connectivity index (χ4n) is 3.46. The van der Waals surface area contributed by atoms with Crippen LogP contribution in [0.5, 0.6) is 0 Å². The number of nitrogens with zero attached hydrogens (tertiary/aromatic N) is 2. The zero-order chi connectivity index (χ0) is 19.9. The van der Waals surface area contributed by atoms with Crippen molar-refractivity contribution in [2.45, 2.75) is 44.6 Å². The molecule has 1 aromatic heterocycles. The molecule has 1 amide bonds. The van der Waals surface area contributed by atoms with Crippen LogP contribution in [0.25, 0.3) is 0 Å². The van der Waals surface area contributed by atoms with Crippen LogP contribution in [-0.2, 0) is 17.9 Å². The summed E-state index contributed by atoms with van der Waals surface area (Å²) in [6.45, 7) is 1.08. The van der Waals surface area contributed by atoms with Crippen LogP contribution >= 0.6 is 0 Å². The van der Waals surface area contributed by atoms with Crippen molar-refractivity contribution in [2.24, 2.45) is 0 Å². The molecule has 2 aromatic carbocycles. The van der Waals surface area contributed by atoms with Crippen molar-refractivity contribution in [3.63, 3.8) is 0 Å². The Balaban J connectivity index is 1.28. The highest BCUT2D eigenvalue weighted by molar-refractivity contribution is 5.89. The van der Waals surface area contributed by atoms with Gasteiger partial charge in [0.05, 0.1) is 18.8 Å². The van der Waals surface area contributed by atoms with Gasteiger partial charge in [-0.15, -0.1) is 5.10 Å². The maximum Gasteiger partial charge on any atom is 0.316 e. The van der Waals surface area contributed by atoms with Gasteiger partial charge in [0.1, 0.15) is 0 Å². The molecule has 0 aliphatic heterocycles. The maximum absolute atomic E-state index is 12.5. The first kappa shape index (κ1) is 19.1. The van der Waals surface area contributed by atoms with E-state index in [1.54, 1.807) is 0 Å². The van der Waals surface area contributed by atoms with Crippen molar-refractivity contribution in [1.82, 2.24) is 15.5 Å². The Hall–Kier alpha value is -3.19. The number of aromatic nitrogens is 2. The Morgan fingerprint density at radius 3 is 2.48 bits per heavy atom. The van der Waals surface area contributed by atoms with Crippen LogP contribution in [0.4, 0.5) is 6.01 Å². The molecule has 1 saturated carbocycles. The largest absolute Gasteiger partial charge is 0.399 e. The predicted octanol–water partition coefficient (Wildman–Crippen LogP) is 3.55. The van der Waals surface area contributed by atoms with E-state index in [1.807, 2.05) is 60.7 Å². The van der Waals surface area contributed by atoms with E-state index >= 15 is 0 Å². The molecule has 7 nitrogen and oxygen atoms in total. The number of benzene rings is 2. The summed E-state index contributed by atoms with van der Waals surface area (Å²) in [5.41, 5.74) is 2.21. The molecule has 29 heavy (non-hydrogen) atoms. The van der Waals surface area contributed by atoms with Crippen molar-refractivity contribution in [2.75, 3.05) is 5.32 Å². The molecule has 4 rings (SSSR count). The predicted molar refractivity (Wildman–Crippen MR) is 108 cm³/mol. The first-order valence-corrected chi connectivity index (χ1v) is 9.85. The van der Waals surface area contributed by atoms with E-state index < -0.39 is 0 Å². The first-order valence-electron chi connectivity index (χ1n) is 9.85. The smallest absolute Gasteiger partial charge is 0.316 e. The number of carbonyl (C=O) groups excluding carboxylic acids is 1. The Morgan fingerprint density at radius 2 is 1.72 bits per heavy atom. The van der Waals surface area contributed by atoms with Gasteiger partial charge in [0.2, 0.25) is 0 Å². The molecule has 0 saturated heterocycles. The van der Waals surface area contributed by atoms with Crippen LogP contribution in [0.2, 0.25) is 0 Å². The zero-order valence-electron chi connectivity index (χ0n) is 16.1. The molecule has 3 aromatic rings. The van der Waals surface area contributed by atoms with Gasteiger partial charge in [0.15, 0.2) is 0 Å². The average Bonchev–Trinajstić information content (AvgIpc) is 3.42. The Bertz CT molecular complexity index is 914. The lowest BCUT2D eigenvalue weighted by atomic mass is 10.2. The monoisotopic (exact) mass is 392 g/mol. The van der Waals surface area contributed by atoms with Crippen LogP contribution in [0.15, 0.2) is 65.1 Å². The number of hydrogen-bond donors (Lipinski definition) is 2. The summed E-state index contributed by atoms with van der Waals surface area (Å²) in [6, 6.07) is 20.1. The Labute approximate surface area is 169 Å². The van der Waals surface area contributed by atoms with E-state index in [0.717, 1.165) is 30.4 Å². The van der Waals surface area contributed by atoms with Gasteiger partial charge in [-0.05, 0) is 30.4 Å². The molecule has 150 valence electrons. The number of amides is 1. The minimum atomic E-state index is -0.370. The van der Waals surface area contributed by atoms with Gasteiger partial charge in [-0.25, -0.2) is 0 Å². The quantitative estimate of drug-likeness (QED) is 0.609. The minimum Gasteiger partial charge on any atom is -0.399 e. The van der Waals surface area contributed by atoms with E-state index in [-0.39, 0.29) is 30.0 Å². The highest BCUT2D eigenvalue weighted by Crippen LogP contribution is 2.23. The summed E-state index contributed by atoms with van der Waals surface area (Å²) in [6.07, 6.45) is 2.79. The molecule has 2 N–H and O–H groups in total. The fourth-order valence-corrected chi connectivity index (χ4v) is 3.46. The topological polar surface area (TPSA) is 89.3 Å². The van der Waals surface area contributed by atoms with Crippen molar-refractivity contribution in [3.8, 4) is 0 Å². The van der Waals surface area contributed by atoms with Gasteiger partial charge >= 0.3 is 17.8 Å². The average molecular weight is 392 g/mol. The Kier molecular flexibility index (Phi) is 6.16. The van der Waals surface area contributed by atoms with E-state index in [1.165, 1.54) is 0 Å². The third kappa shape index (κ3) is 5.20. The standard InChI is InChI=1S/C22H24N4O3/c27-20(21-25-26-22(29-21)23-14-16-8-3-1-4-9-16)24-18-12-7-13-19(18)28-15-17-10-5-2-6-11-17/h1-6,8-11,18-19H,7,12-15H2,(H,23,26)(H,24,27)/t18-,19-/m0/s1. The lowest BCUT2D eigenvalue weighted by molar-refractivity contribution is 0.0267. The lowest BCUT2D eigenvalue weighted by Gasteiger charge is -2.20. The van der Waals surface area contributed by atoms with Crippen LogP contribution in [0, 0.1) is 0 Å². The molecule has 7 heteroatoms. The summed E-state index contributed by atoms with van der Waals surface area (Å²) in [5, 5.41) is 13.8. The van der Waals surface area contributed by atoms with Crippen molar-refractivity contribution >= 4 is 11.9 Å². The van der Waals surface area contributed by atoms with Crippen LogP contribution in [0.3, 0.4) is 0 Å². The highest BCUT2D eigenvalue weighted by atomic mass is 16.5. The molecule has 0 unspecified atom stereocenters. The van der Waals surface area contributed by atoms with Gasteiger partial charge in [-0.2, -0.15) is 0 Å². The minimum absolute atomic E-state index is 0.0160. The first-order chi connectivity index (χ1) is 14.3. The maximum atomic E-state index is 12.5.